The number of aliphatic hydroxyl groups is 1. The molecule has 4 nitrogen and oxygen atoms in total. The van der Waals surface area contributed by atoms with Crippen LogP contribution in [0.4, 0.5) is 0 Å². The van der Waals surface area contributed by atoms with Crippen molar-refractivity contribution in [1.82, 2.24) is 4.90 Å². The van der Waals surface area contributed by atoms with Crippen LogP contribution in [-0.4, -0.2) is 40.8 Å². The molecule has 1 aromatic carbocycles. The summed E-state index contributed by atoms with van der Waals surface area (Å²) in [4.78, 5) is 12.9. The van der Waals surface area contributed by atoms with E-state index in [1.165, 1.54) is 0 Å². The Hall–Kier alpha value is -0.910. The van der Waals surface area contributed by atoms with Crippen molar-refractivity contribution >= 4 is 21.9 Å². The van der Waals surface area contributed by atoms with Crippen LogP contribution in [0, 0.1) is 0 Å². The molecule has 0 heterocycles. The maximum Gasteiger partial charge on any atom is 0.335 e. The lowest BCUT2D eigenvalue weighted by atomic mass is 10.1. The number of aromatic carboxylic acids is 1. The zero-order chi connectivity index (χ0) is 12.8. The molecule has 0 amide bonds. The number of nitrogens with zero attached hydrogens (tertiary/aromatic N) is 1. The SMILES string of the molecule is CCN(CCO)Cc1ccc(C(=O)O)cc1Br. The number of likely N-dealkylation sites (N-methyl/N-ethyl adjacent to an activating group) is 1. The number of carboxylic acid groups (broad SMARTS) is 1. The van der Waals surface area contributed by atoms with Gasteiger partial charge in [0, 0.05) is 17.6 Å². The molecule has 17 heavy (non-hydrogen) atoms. The largest absolute Gasteiger partial charge is 0.478 e. The quantitative estimate of drug-likeness (QED) is 0.843. The van der Waals surface area contributed by atoms with E-state index in [0.29, 0.717) is 13.1 Å². The number of hydrogen-bond acceptors (Lipinski definition) is 3. The van der Waals surface area contributed by atoms with Crippen LogP contribution in [0.1, 0.15) is 22.8 Å². The zero-order valence-corrected chi connectivity index (χ0v) is 11.3. The second-order valence-corrected chi connectivity index (χ2v) is 4.56. The average molecular weight is 302 g/mol. The minimum absolute atomic E-state index is 0.124. The zero-order valence-electron chi connectivity index (χ0n) is 9.69. The highest BCUT2D eigenvalue weighted by Gasteiger charge is 2.09. The van der Waals surface area contributed by atoms with E-state index in [-0.39, 0.29) is 12.2 Å². The van der Waals surface area contributed by atoms with Crippen molar-refractivity contribution in [1.29, 1.82) is 0 Å². The van der Waals surface area contributed by atoms with Gasteiger partial charge in [-0.3, -0.25) is 4.90 Å². The van der Waals surface area contributed by atoms with Gasteiger partial charge in [0.1, 0.15) is 0 Å². The summed E-state index contributed by atoms with van der Waals surface area (Å²) in [5, 5.41) is 17.7. The summed E-state index contributed by atoms with van der Waals surface area (Å²) in [5.74, 6) is -0.931. The Morgan fingerprint density at radius 3 is 2.65 bits per heavy atom. The molecular formula is C12H16BrNO3. The molecule has 0 aliphatic carbocycles. The number of carbonyl (C=O) groups is 1. The monoisotopic (exact) mass is 301 g/mol. The fraction of sp³-hybridized carbons (Fsp3) is 0.417. The molecule has 0 fully saturated rings. The molecule has 94 valence electrons. The molecule has 0 spiro atoms. The van der Waals surface area contributed by atoms with Gasteiger partial charge in [-0.05, 0) is 24.2 Å². The van der Waals surface area contributed by atoms with Crippen molar-refractivity contribution in [3.63, 3.8) is 0 Å². The molecular weight excluding hydrogens is 286 g/mol. The van der Waals surface area contributed by atoms with Gasteiger partial charge in [-0.2, -0.15) is 0 Å². The van der Waals surface area contributed by atoms with E-state index in [1.54, 1.807) is 18.2 Å². The molecule has 0 aromatic heterocycles. The topological polar surface area (TPSA) is 60.8 Å². The van der Waals surface area contributed by atoms with Gasteiger partial charge in [0.15, 0.2) is 0 Å². The third kappa shape index (κ3) is 4.11. The van der Waals surface area contributed by atoms with E-state index in [9.17, 15) is 4.79 Å². The number of benzene rings is 1. The van der Waals surface area contributed by atoms with E-state index in [4.69, 9.17) is 10.2 Å². The molecule has 0 saturated carbocycles. The lowest BCUT2D eigenvalue weighted by Gasteiger charge is -2.19. The van der Waals surface area contributed by atoms with E-state index in [1.807, 2.05) is 6.92 Å². The number of aliphatic hydroxyl groups excluding tert-OH is 1. The van der Waals surface area contributed by atoms with Crippen LogP contribution in [0.5, 0.6) is 0 Å². The van der Waals surface area contributed by atoms with Gasteiger partial charge in [0.25, 0.3) is 0 Å². The van der Waals surface area contributed by atoms with Gasteiger partial charge >= 0.3 is 5.97 Å². The molecule has 2 N–H and O–H groups in total. The first-order valence-corrected chi connectivity index (χ1v) is 6.22. The Bertz CT molecular complexity index is 395. The Morgan fingerprint density at radius 2 is 2.18 bits per heavy atom. The molecule has 0 radical (unpaired) electrons. The smallest absolute Gasteiger partial charge is 0.335 e. The van der Waals surface area contributed by atoms with Gasteiger partial charge in [0.2, 0.25) is 0 Å². The summed E-state index contributed by atoms with van der Waals surface area (Å²) in [6.45, 7) is 4.29. The maximum absolute atomic E-state index is 10.8. The molecule has 5 heteroatoms. The van der Waals surface area contributed by atoms with Crippen molar-refractivity contribution in [2.75, 3.05) is 19.7 Å². The van der Waals surface area contributed by atoms with Gasteiger partial charge in [0.05, 0.1) is 12.2 Å². The Kier molecular flexibility index (Phi) is 5.61. The third-order valence-electron chi connectivity index (χ3n) is 2.56. The van der Waals surface area contributed by atoms with E-state index < -0.39 is 5.97 Å². The number of hydrogen-bond donors (Lipinski definition) is 2. The molecule has 0 aliphatic heterocycles. The highest BCUT2D eigenvalue weighted by Crippen LogP contribution is 2.20. The standard InChI is InChI=1S/C12H16BrNO3/c1-2-14(5-6-15)8-10-4-3-9(12(16)17)7-11(10)13/h3-4,7,15H,2,5-6,8H2,1H3,(H,16,17). The number of rotatable bonds is 6. The van der Waals surface area contributed by atoms with Crippen LogP contribution < -0.4 is 0 Å². The van der Waals surface area contributed by atoms with E-state index in [0.717, 1.165) is 16.6 Å². The summed E-state index contributed by atoms with van der Waals surface area (Å²) in [7, 11) is 0. The first-order chi connectivity index (χ1) is 8.08. The van der Waals surface area contributed by atoms with Crippen LogP contribution in [0.3, 0.4) is 0 Å². The van der Waals surface area contributed by atoms with Crippen LogP contribution in [-0.2, 0) is 6.54 Å². The minimum atomic E-state index is -0.931. The molecule has 1 rings (SSSR count). The van der Waals surface area contributed by atoms with Gasteiger partial charge < -0.3 is 10.2 Å². The Balaban J connectivity index is 2.81. The van der Waals surface area contributed by atoms with E-state index >= 15 is 0 Å². The predicted octanol–water partition coefficient (Wildman–Crippen LogP) is 1.96. The number of carboxylic acids is 1. The summed E-state index contributed by atoms with van der Waals surface area (Å²) < 4.78 is 0.786. The van der Waals surface area contributed by atoms with Crippen molar-refractivity contribution in [3.8, 4) is 0 Å². The van der Waals surface area contributed by atoms with Gasteiger partial charge in [-0.25, -0.2) is 4.79 Å². The summed E-state index contributed by atoms with van der Waals surface area (Å²) in [5.41, 5.74) is 1.29. The lowest BCUT2D eigenvalue weighted by molar-refractivity contribution is 0.0697. The fourth-order valence-electron chi connectivity index (χ4n) is 1.54. The molecule has 0 atom stereocenters. The van der Waals surface area contributed by atoms with Crippen molar-refractivity contribution in [2.24, 2.45) is 0 Å². The third-order valence-corrected chi connectivity index (χ3v) is 3.30. The van der Waals surface area contributed by atoms with Gasteiger partial charge in [-0.15, -0.1) is 0 Å². The lowest BCUT2D eigenvalue weighted by Crippen LogP contribution is -2.26. The summed E-state index contributed by atoms with van der Waals surface area (Å²) in [6.07, 6.45) is 0. The van der Waals surface area contributed by atoms with Crippen molar-refractivity contribution in [3.05, 3.63) is 33.8 Å². The predicted molar refractivity (Wildman–Crippen MR) is 69.1 cm³/mol. The van der Waals surface area contributed by atoms with Crippen LogP contribution >= 0.6 is 15.9 Å². The molecule has 0 saturated heterocycles. The summed E-state index contributed by atoms with van der Waals surface area (Å²) >= 11 is 3.37. The second kappa shape index (κ2) is 6.74. The molecule has 1 aromatic rings. The minimum Gasteiger partial charge on any atom is -0.478 e. The highest BCUT2D eigenvalue weighted by molar-refractivity contribution is 9.10. The maximum atomic E-state index is 10.8. The first-order valence-electron chi connectivity index (χ1n) is 5.43. The second-order valence-electron chi connectivity index (χ2n) is 3.70. The van der Waals surface area contributed by atoms with Crippen molar-refractivity contribution in [2.45, 2.75) is 13.5 Å². The normalized spacial score (nSPS) is 10.8. The molecule has 0 bridgehead atoms. The van der Waals surface area contributed by atoms with Crippen LogP contribution in [0.2, 0.25) is 0 Å². The fourth-order valence-corrected chi connectivity index (χ4v) is 2.04. The van der Waals surface area contributed by atoms with Crippen LogP contribution in [0.15, 0.2) is 22.7 Å². The molecule has 0 unspecified atom stereocenters. The molecule has 0 aliphatic rings. The summed E-state index contributed by atoms with van der Waals surface area (Å²) in [6, 6.07) is 4.99. The van der Waals surface area contributed by atoms with Crippen molar-refractivity contribution < 1.29 is 15.0 Å². The average Bonchev–Trinajstić information content (AvgIpc) is 2.30. The van der Waals surface area contributed by atoms with Gasteiger partial charge in [-0.1, -0.05) is 28.9 Å². The Labute approximate surface area is 109 Å². The van der Waals surface area contributed by atoms with E-state index in [2.05, 4.69) is 20.8 Å². The Morgan fingerprint density at radius 1 is 1.47 bits per heavy atom. The van der Waals surface area contributed by atoms with Crippen LogP contribution in [0.25, 0.3) is 0 Å². The first kappa shape index (κ1) is 14.2. The number of halogens is 1. The highest BCUT2D eigenvalue weighted by atomic mass is 79.9.